The van der Waals surface area contributed by atoms with Gasteiger partial charge in [0, 0.05) is 13.1 Å². The molecule has 0 aromatic heterocycles. The highest BCUT2D eigenvalue weighted by molar-refractivity contribution is 6.21. The Morgan fingerprint density at radius 1 is 0.962 bits per heavy atom. The molecule has 0 radical (unpaired) electrons. The Bertz CT molecular complexity index is 887. The fourth-order valence-corrected chi connectivity index (χ4v) is 3.23. The Hall–Kier alpha value is -3.22. The van der Waals surface area contributed by atoms with E-state index in [0.717, 1.165) is 32.0 Å². The number of nitrogens with zero attached hydrogens (tertiary/aromatic N) is 2. The van der Waals surface area contributed by atoms with Crippen LogP contribution in [0.15, 0.2) is 42.5 Å². The number of hydrogen-bond acceptors (Lipinski definition) is 5. The summed E-state index contributed by atoms with van der Waals surface area (Å²) in [7, 11) is 0. The van der Waals surface area contributed by atoms with Crippen LogP contribution >= 0.6 is 0 Å². The number of hydroxylamine groups is 2. The first-order valence-electron chi connectivity index (χ1n) is 8.31. The van der Waals surface area contributed by atoms with Gasteiger partial charge in [-0.1, -0.05) is 17.2 Å². The average Bonchev–Trinajstić information content (AvgIpc) is 3.26. The summed E-state index contributed by atoms with van der Waals surface area (Å²) in [4.78, 5) is 43.6. The third-order valence-corrected chi connectivity index (χ3v) is 4.56. The molecule has 0 atom stereocenters. The van der Waals surface area contributed by atoms with Crippen LogP contribution in [0.4, 0.5) is 10.1 Å². The van der Waals surface area contributed by atoms with Gasteiger partial charge in [-0.05, 0) is 43.2 Å². The summed E-state index contributed by atoms with van der Waals surface area (Å²) in [6.07, 6.45) is 2.01. The molecule has 2 aliphatic rings. The van der Waals surface area contributed by atoms with Gasteiger partial charge in [-0.2, -0.15) is 0 Å². The van der Waals surface area contributed by atoms with Crippen LogP contribution in [0.1, 0.15) is 43.9 Å². The van der Waals surface area contributed by atoms with Gasteiger partial charge in [0.1, 0.15) is 5.82 Å². The second-order valence-corrected chi connectivity index (χ2v) is 6.19. The molecular weight excluding hydrogens is 339 g/mol. The van der Waals surface area contributed by atoms with Gasteiger partial charge in [0.05, 0.1) is 22.4 Å². The van der Waals surface area contributed by atoms with Crippen molar-refractivity contribution in [3.63, 3.8) is 0 Å². The fourth-order valence-electron chi connectivity index (χ4n) is 3.23. The van der Waals surface area contributed by atoms with Crippen molar-refractivity contribution in [2.75, 3.05) is 18.0 Å². The molecule has 7 heteroatoms. The molecule has 2 aromatic rings. The second-order valence-electron chi connectivity index (χ2n) is 6.19. The number of anilines is 1. The van der Waals surface area contributed by atoms with Crippen molar-refractivity contribution in [3.8, 4) is 0 Å². The van der Waals surface area contributed by atoms with Crippen molar-refractivity contribution in [2.45, 2.75) is 12.8 Å². The molecule has 6 nitrogen and oxygen atoms in total. The lowest BCUT2D eigenvalue weighted by atomic mass is 10.1. The van der Waals surface area contributed by atoms with Crippen molar-refractivity contribution in [2.24, 2.45) is 0 Å². The molecule has 2 amide bonds. The predicted molar refractivity (Wildman–Crippen MR) is 90.2 cm³/mol. The summed E-state index contributed by atoms with van der Waals surface area (Å²) < 4.78 is 14.3. The summed E-state index contributed by atoms with van der Waals surface area (Å²) in [6, 6.07) is 10.2. The van der Waals surface area contributed by atoms with E-state index < -0.39 is 23.6 Å². The first kappa shape index (κ1) is 16.3. The molecule has 2 aliphatic heterocycles. The highest BCUT2D eigenvalue weighted by Gasteiger charge is 2.38. The molecular formula is C19H15FN2O4. The quantitative estimate of drug-likeness (QED) is 0.793. The zero-order valence-electron chi connectivity index (χ0n) is 13.8. The van der Waals surface area contributed by atoms with Crippen LogP contribution in [-0.4, -0.2) is 35.9 Å². The number of carbonyl (C=O) groups is 3. The van der Waals surface area contributed by atoms with Gasteiger partial charge >= 0.3 is 5.97 Å². The Labute approximate surface area is 148 Å². The van der Waals surface area contributed by atoms with Crippen molar-refractivity contribution < 1.29 is 23.6 Å². The van der Waals surface area contributed by atoms with Gasteiger partial charge in [0.25, 0.3) is 11.8 Å². The van der Waals surface area contributed by atoms with Crippen LogP contribution in [0.25, 0.3) is 0 Å². The minimum absolute atomic E-state index is 0.0676. The summed E-state index contributed by atoms with van der Waals surface area (Å²) in [6.45, 7) is 1.55. The number of hydrogen-bond donors (Lipinski definition) is 0. The van der Waals surface area contributed by atoms with E-state index in [2.05, 4.69) is 0 Å². The molecule has 0 saturated carbocycles. The third kappa shape index (κ3) is 2.61. The molecule has 132 valence electrons. The summed E-state index contributed by atoms with van der Waals surface area (Å²) in [5.41, 5.74) is 0.698. The summed E-state index contributed by atoms with van der Waals surface area (Å²) in [5.74, 6) is -2.93. The topological polar surface area (TPSA) is 66.9 Å². The highest BCUT2D eigenvalue weighted by Crippen LogP contribution is 2.26. The molecule has 4 rings (SSSR count). The maximum absolute atomic E-state index is 14.3. The number of fused-ring (bicyclic) bond motifs is 1. The van der Waals surface area contributed by atoms with E-state index in [1.807, 2.05) is 4.90 Å². The van der Waals surface area contributed by atoms with E-state index in [9.17, 15) is 18.8 Å². The lowest BCUT2D eigenvalue weighted by Gasteiger charge is -2.19. The van der Waals surface area contributed by atoms with E-state index in [0.29, 0.717) is 10.8 Å². The van der Waals surface area contributed by atoms with Crippen LogP contribution in [-0.2, 0) is 4.84 Å². The first-order valence-corrected chi connectivity index (χ1v) is 8.31. The third-order valence-electron chi connectivity index (χ3n) is 4.56. The smallest absolute Gasteiger partial charge is 0.364 e. The van der Waals surface area contributed by atoms with Gasteiger partial charge in [0.2, 0.25) is 0 Å². The first-order chi connectivity index (χ1) is 12.6. The molecule has 0 bridgehead atoms. The number of rotatable bonds is 3. The SMILES string of the molecule is O=C(ON1C(=O)c2ccccc2C1=O)c1ccc(N2CCCC2)c(F)c1. The number of halogens is 1. The van der Waals surface area contributed by atoms with Crippen LogP contribution in [0.2, 0.25) is 0 Å². The van der Waals surface area contributed by atoms with Crippen molar-refractivity contribution in [1.29, 1.82) is 0 Å². The van der Waals surface area contributed by atoms with Crippen LogP contribution in [0.3, 0.4) is 0 Å². The van der Waals surface area contributed by atoms with Crippen molar-refractivity contribution in [1.82, 2.24) is 5.06 Å². The van der Waals surface area contributed by atoms with Crippen LogP contribution in [0, 0.1) is 5.82 Å². The maximum atomic E-state index is 14.3. The van der Waals surface area contributed by atoms with Gasteiger partial charge in [-0.3, -0.25) is 9.59 Å². The Morgan fingerprint density at radius 2 is 1.58 bits per heavy atom. The van der Waals surface area contributed by atoms with Gasteiger partial charge < -0.3 is 9.74 Å². The number of benzene rings is 2. The number of imide groups is 1. The predicted octanol–water partition coefficient (Wildman–Crippen LogP) is 2.79. The lowest BCUT2D eigenvalue weighted by Crippen LogP contribution is -2.32. The number of amides is 2. The Kier molecular flexibility index (Phi) is 3.91. The minimum atomic E-state index is -0.966. The summed E-state index contributed by atoms with van der Waals surface area (Å²) in [5, 5.41) is 0.416. The normalized spacial score (nSPS) is 16.2. The fraction of sp³-hybridized carbons (Fsp3) is 0.211. The van der Waals surface area contributed by atoms with Gasteiger partial charge in [-0.25, -0.2) is 9.18 Å². The number of carbonyl (C=O) groups excluding carboxylic acids is 3. The molecule has 1 saturated heterocycles. The zero-order valence-corrected chi connectivity index (χ0v) is 13.8. The molecule has 0 spiro atoms. The van der Waals surface area contributed by atoms with E-state index in [4.69, 9.17) is 4.84 Å². The van der Waals surface area contributed by atoms with Gasteiger partial charge in [-0.15, -0.1) is 0 Å². The molecule has 2 heterocycles. The average molecular weight is 354 g/mol. The zero-order chi connectivity index (χ0) is 18.3. The van der Waals surface area contributed by atoms with Crippen molar-refractivity contribution >= 4 is 23.5 Å². The highest BCUT2D eigenvalue weighted by atomic mass is 19.1. The monoisotopic (exact) mass is 354 g/mol. The molecule has 26 heavy (non-hydrogen) atoms. The molecule has 1 fully saturated rings. The Morgan fingerprint density at radius 3 is 2.15 bits per heavy atom. The van der Waals surface area contributed by atoms with E-state index in [1.54, 1.807) is 12.1 Å². The molecule has 0 aliphatic carbocycles. The van der Waals surface area contributed by atoms with E-state index in [1.165, 1.54) is 24.3 Å². The molecule has 0 N–H and O–H groups in total. The Balaban J connectivity index is 1.53. The summed E-state index contributed by atoms with van der Waals surface area (Å²) >= 11 is 0. The van der Waals surface area contributed by atoms with Crippen LogP contribution < -0.4 is 4.90 Å². The van der Waals surface area contributed by atoms with Crippen LogP contribution in [0.5, 0.6) is 0 Å². The standard InChI is InChI=1S/C19H15FN2O4/c20-15-11-12(7-8-16(15)21-9-3-4-10-21)19(25)26-22-17(23)13-5-1-2-6-14(13)18(22)24/h1-2,5-8,11H,3-4,9-10H2. The maximum Gasteiger partial charge on any atom is 0.364 e. The largest absolute Gasteiger partial charge is 0.369 e. The van der Waals surface area contributed by atoms with Gasteiger partial charge in [0.15, 0.2) is 0 Å². The molecule has 0 unspecified atom stereocenters. The second kappa shape index (κ2) is 6.25. The molecule has 2 aromatic carbocycles. The van der Waals surface area contributed by atoms with Crippen molar-refractivity contribution in [3.05, 3.63) is 65.0 Å². The minimum Gasteiger partial charge on any atom is -0.369 e. The van der Waals surface area contributed by atoms with E-state index >= 15 is 0 Å². The lowest BCUT2D eigenvalue weighted by molar-refractivity contribution is -0.0584. The van der Waals surface area contributed by atoms with E-state index in [-0.39, 0.29) is 16.7 Å².